The summed E-state index contributed by atoms with van der Waals surface area (Å²) in [5, 5.41) is 26.6. The van der Waals surface area contributed by atoms with Crippen LogP contribution in [0.25, 0.3) is 0 Å². The molecule has 0 amide bonds. The summed E-state index contributed by atoms with van der Waals surface area (Å²) in [4.78, 5) is 32.8. The summed E-state index contributed by atoms with van der Waals surface area (Å²) in [6.07, 6.45) is 47.1. The lowest BCUT2D eigenvalue weighted by Gasteiger charge is -2.28. The van der Waals surface area contributed by atoms with E-state index in [1.54, 1.807) is 12.2 Å². The van der Waals surface area contributed by atoms with Gasteiger partial charge < -0.3 is 24.7 Å². The van der Waals surface area contributed by atoms with Gasteiger partial charge in [0.25, 0.3) is 0 Å². The van der Waals surface area contributed by atoms with E-state index in [1.807, 2.05) is 57.6 Å². The van der Waals surface area contributed by atoms with Crippen molar-refractivity contribution < 1.29 is 47.9 Å². The highest BCUT2D eigenvalue weighted by atomic mass is 31.2. The Hall–Kier alpha value is -2.43. The van der Waals surface area contributed by atoms with Crippen LogP contribution in [0.15, 0.2) is 72.9 Å². The van der Waals surface area contributed by atoms with E-state index in [0.29, 0.717) is 10.9 Å². The van der Waals surface area contributed by atoms with Gasteiger partial charge in [-0.05, 0) is 25.3 Å². The van der Waals surface area contributed by atoms with E-state index in [9.17, 15) is 24.2 Å². The summed E-state index contributed by atoms with van der Waals surface area (Å²) in [5.41, 5.74) is 0. The van der Waals surface area contributed by atoms with Crippen molar-refractivity contribution >= 4 is 19.6 Å². The summed E-state index contributed by atoms with van der Waals surface area (Å²) in [5.74, 6) is -1.15. The van der Waals surface area contributed by atoms with Gasteiger partial charge in [-0.3, -0.25) is 18.6 Å². The van der Waals surface area contributed by atoms with Crippen LogP contribution in [0, 0.1) is 0 Å². The van der Waals surface area contributed by atoms with Crippen molar-refractivity contribution in [3.63, 3.8) is 0 Å². The third kappa shape index (κ3) is 46.1. The fraction of sp³-hybridized carbons (Fsp3) is 0.696. The minimum Gasteiger partial charge on any atom is -0.481 e. The molecular formula is C46H83NO9P+. The Morgan fingerprint density at radius 3 is 1.46 bits per heavy atom. The Labute approximate surface area is 347 Å². The number of quaternary nitrogens is 1. The molecule has 0 saturated heterocycles. The van der Waals surface area contributed by atoms with Crippen LogP contribution < -0.4 is 0 Å². The predicted octanol–water partition coefficient (Wildman–Crippen LogP) is 11.1. The molecule has 0 aliphatic carbocycles. The zero-order valence-corrected chi connectivity index (χ0v) is 37.4. The maximum atomic E-state index is 12.6. The molecule has 0 rings (SSSR count). The number of hydrogen-bond donors (Lipinski definition) is 4. The molecule has 330 valence electrons. The van der Waals surface area contributed by atoms with E-state index in [4.69, 9.17) is 14.7 Å². The van der Waals surface area contributed by atoms with E-state index >= 15 is 0 Å². The van der Waals surface area contributed by atoms with Crippen LogP contribution in [0.5, 0.6) is 0 Å². The van der Waals surface area contributed by atoms with Gasteiger partial charge in [0.1, 0.15) is 12.6 Å². The third-order valence-electron chi connectivity index (χ3n) is 8.80. The minimum atomic E-state index is -4.62. The lowest BCUT2D eigenvalue weighted by molar-refractivity contribution is -0.872. The number of aliphatic carboxylic acids is 1. The number of rotatable bonds is 37. The molecule has 57 heavy (non-hydrogen) atoms. The van der Waals surface area contributed by atoms with Gasteiger partial charge in [0.2, 0.25) is 0 Å². The number of likely N-dealkylation sites (N-methyl/N-ethyl adjacent to an activating group) is 1. The second-order valence-corrected chi connectivity index (χ2v) is 17.1. The van der Waals surface area contributed by atoms with E-state index in [0.717, 1.165) is 19.3 Å². The average Bonchev–Trinajstić information content (AvgIpc) is 3.15. The number of phosphoric ester groups is 1. The topological polar surface area (TPSA) is 151 Å². The standard InChI is InChI=1S/C30H50NO7P.C16H32O2/c1-5-6-7-8-9-10-11-12-13-14-15-16-17-18-19-20-21-22-23-24-29(34)30(25-31(2,3)4)38-39(35,36)37-27-28(33)26-32;1-2-3-4-5-6-7-8-9-10-11-12-13-14-15-16(17)18/h13-24,28,30,32-33H,5-12,25-27H2,1-4H3;2-15H2,1H3,(H,17,18)/p+1. The molecule has 0 saturated carbocycles. The Morgan fingerprint density at radius 2 is 1.04 bits per heavy atom. The molecule has 10 nitrogen and oxygen atoms in total. The molecule has 0 fully saturated rings. The minimum absolute atomic E-state index is 0.121. The Bertz CT molecular complexity index is 1190. The molecule has 0 bridgehead atoms. The summed E-state index contributed by atoms with van der Waals surface area (Å²) in [6, 6.07) is 0. The Kier molecular flexibility index (Phi) is 40.1. The second-order valence-electron chi connectivity index (χ2n) is 15.7. The van der Waals surface area contributed by atoms with Gasteiger partial charge in [-0.15, -0.1) is 0 Å². The molecule has 3 unspecified atom stereocenters. The number of carbonyl (C=O) groups excluding carboxylic acids is 1. The summed E-state index contributed by atoms with van der Waals surface area (Å²) < 4.78 is 22.2. The fourth-order valence-electron chi connectivity index (χ4n) is 5.56. The van der Waals surface area contributed by atoms with E-state index in [1.165, 1.54) is 128 Å². The fourth-order valence-corrected chi connectivity index (χ4v) is 6.47. The number of phosphoric acid groups is 1. The molecule has 0 aliphatic rings. The lowest BCUT2D eigenvalue weighted by Crippen LogP contribution is -2.45. The van der Waals surface area contributed by atoms with Crippen LogP contribution >= 0.6 is 7.82 Å². The van der Waals surface area contributed by atoms with Crippen molar-refractivity contribution in [2.24, 2.45) is 0 Å². The number of carboxylic acids is 1. The third-order valence-corrected chi connectivity index (χ3v) is 9.79. The first-order valence-electron chi connectivity index (χ1n) is 21.8. The van der Waals surface area contributed by atoms with Crippen molar-refractivity contribution in [2.75, 3.05) is 40.9 Å². The maximum Gasteiger partial charge on any atom is 0.473 e. The van der Waals surface area contributed by atoms with Crippen molar-refractivity contribution in [3.8, 4) is 0 Å². The Morgan fingerprint density at radius 1 is 0.632 bits per heavy atom. The zero-order chi connectivity index (χ0) is 42.9. The number of allylic oxidation sites excluding steroid dienone is 11. The quantitative estimate of drug-likeness (QED) is 0.0158. The number of carbonyl (C=O) groups is 2. The molecule has 4 N–H and O–H groups in total. The number of ketones is 1. The molecular weight excluding hydrogens is 741 g/mol. The summed E-state index contributed by atoms with van der Waals surface area (Å²) in [6.45, 7) is 3.39. The van der Waals surface area contributed by atoms with Crippen LogP contribution in [-0.2, 0) is 23.2 Å². The number of nitrogens with zero attached hydrogens (tertiary/aromatic N) is 1. The number of unbranched alkanes of at least 4 members (excludes halogenated alkanes) is 19. The number of carboxylic acid groups (broad SMARTS) is 1. The van der Waals surface area contributed by atoms with Crippen molar-refractivity contribution in [2.45, 2.75) is 167 Å². The number of aliphatic hydroxyl groups is 2. The van der Waals surface area contributed by atoms with E-state index < -0.39 is 45.0 Å². The highest BCUT2D eigenvalue weighted by Gasteiger charge is 2.34. The molecule has 0 aromatic rings. The molecule has 0 aromatic heterocycles. The van der Waals surface area contributed by atoms with Gasteiger partial charge >= 0.3 is 13.8 Å². The van der Waals surface area contributed by atoms with Crippen molar-refractivity contribution in [1.29, 1.82) is 0 Å². The first-order chi connectivity index (χ1) is 27.3. The van der Waals surface area contributed by atoms with Gasteiger partial charge in [-0.2, -0.15) is 0 Å². The largest absolute Gasteiger partial charge is 0.481 e. The maximum absolute atomic E-state index is 12.6. The number of aliphatic hydroxyl groups excluding tert-OH is 2. The molecule has 0 spiro atoms. The first-order valence-corrected chi connectivity index (χ1v) is 23.3. The van der Waals surface area contributed by atoms with Crippen molar-refractivity contribution in [3.05, 3.63) is 72.9 Å². The summed E-state index contributed by atoms with van der Waals surface area (Å²) >= 11 is 0. The predicted molar refractivity (Wildman–Crippen MR) is 237 cm³/mol. The monoisotopic (exact) mass is 825 g/mol. The highest BCUT2D eigenvalue weighted by Crippen LogP contribution is 2.45. The smallest absolute Gasteiger partial charge is 0.473 e. The normalized spacial score (nSPS) is 14.7. The number of hydrogen-bond acceptors (Lipinski definition) is 7. The van der Waals surface area contributed by atoms with Crippen LogP contribution in [0.4, 0.5) is 0 Å². The molecule has 11 heteroatoms. The van der Waals surface area contributed by atoms with Gasteiger partial charge in [0.15, 0.2) is 11.9 Å². The summed E-state index contributed by atoms with van der Waals surface area (Å²) in [7, 11) is 0.820. The zero-order valence-electron chi connectivity index (χ0n) is 36.5. The lowest BCUT2D eigenvalue weighted by atomic mass is 10.0. The van der Waals surface area contributed by atoms with Gasteiger partial charge in [0.05, 0.1) is 34.4 Å². The van der Waals surface area contributed by atoms with E-state index in [2.05, 4.69) is 30.5 Å². The highest BCUT2D eigenvalue weighted by molar-refractivity contribution is 7.47. The molecule has 0 heterocycles. The average molecular weight is 825 g/mol. The molecule has 0 aromatic carbocycles. The van der Waals surface area contributed by atoms with Crippen LogP contribution in [0.3, 0.4) is 0 Å². The second kappa shape index (κ2) is 40.4. The molecule has 0 aliphatic heterocycles. The van der Waals surface area contributed by atoms with E-state index in [-0.39, 0.29) is 6.54 Å². The van der Waals surface area contributed by atoms with Crippen LogP contribution in [0.1, 0.15) is 155 Å². The first kappa shape index (κ1) is 56.7. The molecule has 0 radical (unpaired) electrons. The SMILES string of the molecule is CCCCCCCCCC=CC=CC=CC=CC=CC=CC(=O)C(C[N+](C)(C)C)OP(=O)(O)OCC(O)CO.CCCCCCCCCCCCCCCC(=O)O. The molecule has 3 atom stereocenters. The van der Waals surface area contributed by atoms with Gasteiger partial charge in [-0.25, -0.2) is 4.57 Å². The van der Waals surface area contributed by atoms with Crippen LogP contribution in [-0.4, -0.2) is 89.6 Å². The Balaban J connectivity index is 0. The van der Waals surface area contributed by atoms with Gasteiger partial charge in [-0.1, -0.05) is 196 Å². The van der Waals surface area contributed by atoms with Crippen LogP contribution in [0.2, 0.25) is 0 Å². The van der Waals surface area contributed by atoms with Gasteiger partial charge in [0, 0.05) is 6.42 Å². The van der Waals surface area contributed by atoms with Crippen molar-refractivity contribution in [1.82, 2.24) is 0 Å².